The molecule has 3 atom stereocenters. The Morgan fingerprint density at radius 3 is 2.57 bits per heavy atom. The summed E-state index contributed by atoms with van der Waals surface area (Å²) in [7, 11) is 3.35. The van der Waals surface area contributed by atoms with Crippen molar-refractivity contribution in [1.82, 2.24) is 10.2 Å². The van der Waals surface area contributed by atoms with E-state index in [1.807, 2.05) is 19.1 Å². The van der Waals surface area contributed by atoms with Gasteiger partial charge in [-0.15, -0.1) is 0 Å². The Hall–Kier alpha value is -1.84. The fourth-order valence-electron chi connectivity index (χ4n) is 3.24. The van der Waals surface area contributed by atoms with Crippen LogP contribution in [0, 0.1) is 5.92 Å². The minimum Gasteiger partial charge on any atom is -0.357 e. The topological polar surface area (TPSA) is 49.4 Å². The van der Waals surface area contributed by atoms with Crippen molar-refractivity contribution in [2.45, 2.75) is 38.6 Å². The highest BCUT2D eigenvalue weighted by Gasteiger charge is 2.32. The van der Waals surface area contributed by atoms with E-state index in [0.717, 1.165) is 12.0 Å². The third kappa shape index (κ3) is 3.09. The van der Waals surface area contributed by atoms with Crippen molar-refractivity contribution in [3.05, 3.63) is 35.4 Å². The third-order valence-electron chi connectivity index (χ3n) is 4.49. The molecule has 0 aliphatic carbocycles. The molecule has 1 aliphatic heterocycles. The molecule has 0 fully saturated rings. The smallest absolute Gasteiger partial charge is 0.242 e. The molecule has 2 rings (SSSR count). The van der Waals surface area contributed by atoms with Gasteiger partial charge < -0.3 is 10.2 Å². The molecule has 1 aliphatic rings. The third-order valence-corrected chi connectivity index (χ3v) is 4.49. The van der Waals surface area contributed by atoms with Crippen molar-refractivity contribution in [3.63, 3.8) is 0 Å². The van der Waals surface area contributed by atoms with Crippen LogP contribution in [0.5, 0.6) is 0 Å². The van der Waals surface area contributed by atoms with Crippen LogP contribution in [0.1, 0.15) is 37.3 Å². The molecule has 0 saturated carbocycles. The molecule has 0 aromatic heterocycles. The lowest BCUT2D eigenvalue weighted by atomic mass is 9.87. The van der Waals surface area contributed by atoms with Gasteiger partial charge in [0.05, 0.1) is 0 Å². The van der Waals surface area contributed by atoms with Gasteiger partial charge in [0.15, 0.2) is 0 Å². The molecular weight excluding hydrogens is 264 g/mol. The van der Waals surface area contributed by atoms with Gasteiger partial charge in [0, 0.05) is 26.4 Å². The van der Waals surface area contributed by atoms with E-state index in [9.17, 15) is 9.59 Å². The second kappa shape index (κ2) is 6.29. The van der Waals surface area contributed by atoms with Gasteiger partial charge in [-0.2, -0.15) is 0 Å². The first-order valence-electron chi connectivity index (χ1n) is 7.51. The van der Waals surface area contributed by atoms with E-state index in [0.29, 0.717) is 12.3 Å². The van der Waals surface area contributed by atoms with Crippen molar-refractivity contribution in [1.29, 1.82) is 0 Å². The molecule has 1 unspecified atom stereocenters. The molecule has 1 aromatic carbocycles. The largest absolute Gasteiger partial charge is 0.357 e. The van der Waals surface area contributed by atoms with E-state index in [2.05, 4.69) is 24.4 Å². The fraction of sp³-hybridized carbons (Fsp3) is 0.529. The first-order valence-corrected chi connectivity index (χ1v) is 7.51. The van der Waals surface area contributed by atoms with Gasteiger partial charge in [0.2, 0.25) is 11.8 Å². The van der Waals surface area contributed by atoms with Crippen LogP contribution in [0.4, 0.5) is 0 Å². The second-order valence-electron chi connectivity index (χ2n) is 6.02. The lowest BCUT2D eigenvalue weighted by molar-refractivity contribution is -0.141. The Labute approximate surface area is 126 Å². The number of rotatable bonds is 1. The van der Waals surface area contributed by atoms with E-state index in [4.69, 9.17) is 0 Å². The van der Waals surface area contributed by atoms with Crippen molar-refractivity contribution < 1.29 is 9.59 Å². The average Bonchev–Trinajstić information content (AvgIpc) is 2.52. The summed E-state index contributed by atoms with van der Waals surface area (Å²) in [4.78, 5) is 26.3. The van der Waals surface area contributed by atoms with Gasteiger partial charge in [-0.3, -0.25) is 9.59 Å². The van der Waals surface area contributed by atoms with Gasteiger partial charge in [-0.1, -0.05) is 38.1 Å². The number of carbonyl (C=O) groups excluding carboxylic acids is 2. The van der Waals surface area contributed by atoms with Crippen LogP contribution >= 0.6 is 0 Å². The fourth-order valence-corrected chi connectivity index (χ4v) is 3.24. The molecule has 1 N–H and O–H groups in total. The van der Waals surface area contributed by atoms with Crippen molar-refractivity contribution in [2.24, 2.45) is 5.92 Å². The molecule has 4 heteroatoms. The molecule has 0 spiro atoms. The zero-order valence-corrected chi connectivity index (χ0v) is 13.2. The highest BCUT2D eigenvalue weighted by molar-refractivity contribution is 5.88. The number of benzene rings is 1. The minimum atomic E-state index is -0.448. The average molecular weight is 288 g/mol. The van der Waals surface area contributed by atoms with Crippen LogP contribution in [-0.2, 0) is 16.0 Å². The van der Waals surface area contributed by atoms with Crippen LogP contribution in [0.2, 0.25) is 0 Å². The highest BCUT2D eigenvalue weighted by atomic mass is 16.2. The summed E-state index contributed by atoms with van der Waals surface area (Å²) in [5, 5.41) is 2.68. The number of carbonyl (C=O) groups is 2. The van der Waals surface area contributed by atoms with Crippen LogP contribution in [0.15, 0.2) is 24.3 Å². The molecule has 21 heavy (non-hydrogen) atoms. The number of fused-ring (bicyclic) bond motifs is 1. The molecule has 0 bridgehead atoms. The van der Waals surface area contributed by atoms with Gasteiger partial charge in [0.25, 0.3) is 0 Å². The van der Waals surface area contributed by atoms with Gasteiger partial charge in [-0.05, 0) is 23.5 Å². The quantitative estimate of drug-likeness (QED) is 0.858. The summed E-state index contributed by atoms with van der Waals surface area (Å²) in [6.45, 7) is 4.10. The maximum absolute atomic E-state index is 12.5. The first-order chi connectivity index (χ1) is 9.95. The van der Waals surface area contributed by atoms with E-state index in [1.165, 1.54) is 5.56 Å². The van der Waals surface area contributed by atoms with Crippen LogP contribution in [0.25, 0.3) is 0 Å². The van der Waals surface area contributed by atoms with Crippen molar-refractivity contribution in [3.8, 4) is 0 Å². The summed E-state index contributed by atoms with van der Waals surface area (Å²) >= 11 is 0. The molecular formula is C17H24N2O2. The first kappa shape index (κ1) is 15.5. The molecule has 0 radical (unpaired) electrons. The van der Waals surface area contributed by atoms with Crippen LogP contribution in [-0.4, -0.2) is 36.9 Å². The van der Waals surface area contributed by atoms with E-state index in [1.54, 1.807) is 19.0 Å². The SMILES string of the molecule is CNC(=O)[C@@H]1Cc2ccccc2C(C)C[C@H](C)C(=O)N1C. The maximum Gasteiger partial charge on any atom is 0.242 e. The summed E-state index contributed by atoms with van der Waals surface area (Å²) in [5.41, 5.74) is 2.41. The Balaban J connectivity index is 2.47. The van der Waals surface area contributed by atoms with Gasteiger partial charge >= 0.3 is 0 Å². The van der Waals surface area contributed by atoms with Crippen molar-refractivity contribution in [2.75, 3.05) is 14.1 Å². The summed E-state index contributed by atoms with van der Waals surface area (Å²) < 4.78 is 0. The Bertz CT molecular complexity index is 541. The lowest BCUT2D eigenvalue weighted by Crippen LogP contribution is -2.49. The maximum atomic E-state index is 12.5. The molecule has 0 saturated heterocycles. The van der Waals surface area contributed by atoms with E-state index < -0.39 is 6.04 Å². The molecule has 1 heterocycles. The Kier molecular flexibility index (Phi) is 4.66. The number of nitrogens with one attached hydrogen (secondary N) is 1. The molecule has 2 amide bonds. The molecule has 4 nitrogen and oxygen atoms in total. The Morgan fingerprint density at radius 2 is 1.90 bits per heavy atom. The summed E-state index contributed by atoms with van der Waals surface area (Å²) in [6.07, 6.45) is 1.37. The molecule has 1 aromatic rings. The second-order valence-corrected chi connectivity index (χ2v) is 6.02. The normalized spacial score (nSPS) is 26.4. The number of hydrogen-bond donors (Lipinski definition) is 1. The van der Waals surface area contributed by atoms with E-state index in [-0.39, 0.29) is 17.7 Å². The summed E-state index contributed by atoms with van der Waals surface area (Å²) in [6, 6.07) is 7.75. The monoisotopic (exact) mass is 288 g/mol. The highest BCUT2D eigenvalue weighted by Crippen LogP contribution is 2.30. The lowest BCUT2D eigenvalue weighted by Gasteiger charge is -2.28. The van der Waals surface area contributed by atoms with Gasteiger partial charge in [0.1, 0.15) is 6.04 Å². The van der Waals surface area contributed by atoms with Crippen LogP contribution in [0.3, 0.4) is 0 Å². The number of hydrogen-bond acceptors (Lipinski definition) is 2. The predicted molar refractivity (Wildman–Crippen MR) is 83.0 cm³/mol. The zero-order valence-electron chi connectivity index (χ0n) is 13.2. The zero-order chi connectivity index (χ0) is 15.6. The number of amides is 2. The van der Waals surface area contributed by atoms with Crippen LogP contribution < -0.4 is 5.32 Å². The summed E-state index contributed by atoms with van der Waals surface area (Å²) in [5.74, 6) is 0.172. The minimum absolute atomic E-state index is 0.0447. The standard InChI is InChI=1S/C17H24N2O2/c1-11-9-12(2)17(21)19(4)15(16(20)18-3)10-13-7-5-6-8-14(11)13/h5-8,11-12,15H,9-10H2,1-4H3,(H,18,20)/t11?,12-,15-/m0/s1. The number of likely N-dealkylation sites (N-methyl/N-ethyl adjacent to an activating group) is 2. The molecule has 114 valence electrons. The number of nitrogens with zero attached hydrogens (tertiary/aromatic N) is 1. The van der Waals surface area contributed by atoms with Gasteiger partial charge in [-0.25, -0.2) is 0 Å². The van der Waals surface area contributed by atoms with Crippen molar-refractivity contribution >= 4 is 11.8 Å². The predicted octanol–water partition coefficient (Wildman–Crippen LogP) is 1.95. The Morgan fingerprint density at radius 1 is 1.24 bits per heavy atom. The van der Waals surface area contributed by atoms with E-state index >= 15 is 0 Å².